The van der Waals surface area contributed by atoms with E-state index in [9.17, 15) is 43.2 Å². The van der Waals surface area contributed by atoms with Crippen LogP contribution in [0.2, 0.25) is 0 Å². The summed E-state index contributed by atoms with van der Waals surface area (Å²) in [6.45, 7) is 9.37. The lowest BCUT2D eigenvalue weighted by atomic mass is 10.00. The van der Waals surface area contributed by atoms with E-state index in [2.05, 4.69) is 41.5 Å². The number of unbranched alkanes of at least 4 members (excludes halogenated alkanes) is 30. The van der Waals surface area contributed by atoms with E-state index in [-0.39, 0.29) is 25.7 Å². The molecule has 0 rings (SSSR count). The fourth-order valence-corrected chi connectivity index (χ4v) is 10.7. The molecule has 0 amide bonds. The van der Waals surface area contributed by atoms with Gasteiger partial charge in [-0.15, -0.1) is 0 Å². The predicted octanol–water partition coefficient (Wildman–Crippen LogP) is 16.9. The van der Waals surface area contributed by atoms with Crippen LogP contribution in [0.25, 0.3) is 0 Å². The number of phosphoric ester groups is 2. The monoisotopic (exact) mass is 1200 g/mol. The molecule has 0 spiro atoms. The molecule has 3 N–H and O–H groups in total. The molecule has 0 aliphatic rings. The minimum absolute atomic E-state index is 0.102. The zero-order valence-corrected chi connectivity index (χ0v) is 53.9. The summed E-state index contributed by atoms with van der Waals surface area (Å²) < 4.78 is 67.8. The molecule has 0 aliphatic carbocycles. The lowest BCUT2D eigenvalue weighted by Gasteiger charge is -2.21. The van der Waals surface area contributed by atoms with E-state index in [4.69, 9.17) is 37.0 Å². The van der Waals surface area contributed by atoms with Crippen molar-refractivity contribution >= 4 is 39.5 Å². The second-order valence-electron chi connectivity index (χ2n) is 23.2. The van der Waals surface area contributed by atoms with E-state index in [0.717, 1.165) is 115 Å². The number of hydrogen-bond donors (Lipinski definition) is 3. The second kappa shape index (κ2) is 54.7. The lowest BCUT2D eigenvalue weighted by Crippen LogP contribution is -2.30. The number of ether oxygens (including phenoxy) is 4. The highest BCUT2D eigenvalue weighted by atomic mass is 31.2. The van der Waals surface area contributed by atoms with Gasteiger partial charge in [-0.25, -0.2) is 9.13 Å². The molecule has 0 radical (unpaired) electrons. The van der Waals surface area contributed by atoms with Crippen molar-refractivity contribution in [3.63, 3.8) is 0 Å². The molecule has 0 bridgehead atoms. The van der Waals surface area contributed by atoms with Crippen LogP contribution in [0.15, 0.2) is 0 Å². The van der Waals surface area contributed by atoms with Crippen LogP contribution in [0, 0.1) is 11.8 Å². The highest BCUT2D eigenvalue weighted by Crippen LogP contribution is 2.45. The Balaban J connectivity index is 5.23. The zero-order chi connectivity index (χ0) is 60.1. The van der Waals surface area contributed by atoms with Crippen LogP contribution in [0.4, 0.5) is 0 Å². The van der Waals surface area contributed by atoms with Gasteiger partial charge in [0.1, 0.15) is 19.3 Å². The largest absolute Gasteiger partial charge is 0.472 e. The van der Waals surface area contributed by atoms with Crippen LogP contribution in [0.1, 0.15) is 305 Å². The van der Waals surface area contributed by atoms with Gasteiger partial charge in [0.05, 0.1) is 26.4 Å². The number of carbonyl (C=O) groups excluding carboxylic acids is 4. The summed E-state index contributed by atoms with van der Waals surface area (Å²) in [6, 6.07) is 0. The molecular weight excluding hydrogens is 1080 g/mol. The average Bonchev–Trinajstić information content (AvgIpc) is 3.43. The molecule has 0 aromatic heterocycles. The Bertz CT molecular complexity index is 1600. The fourth-order valence-electron chi connectivity index (χ4n) is 9.15. The second-order valence-corrected chi connectivity index (χ2v) is 26.1. The molecule has 0 aliphatic heterocycles. The first kappa shape index (κ1) is 79.1. The first-order valence-electron chi connectivity index (χ1n) is 32.5. The Morgan fingerprint density at radius 1 is 0.358 bits per heavy atom. The van der Waals surface area contributed by atoms with Crippen molar-refractivity contribution < 1.29 is 80.2 Å². The van der Waals surface area contributed by atoms with Gasteiger partial charge in [0, 0.05) is 25.7 Å². The Morgan fingerprint density at radius 2 is 0.630 bits per heavy atom. The zero-order valence-electron chi connectivity index (χ0n) is 52.1. The van der Waals surface area contributed by atoms with Crippen LogP contribution in [-0.2, 0) is 65.4 Å². The van der Waals surface area contributed by atoms with Crippen molar-refractivity contribution in [2.45, 2.75) is 323 Å². The molecular formula is C62H120O17P2. The third-order valence-corrected chi connectivity index (χ3v) is 16.5. The predicted molar refractivity (Wildman–Crippen MR) is 321 cm³/mol. The number of rotatable bonds is 61. The first-order valence-corrected chi connectivity index (χ1v) is 35.5. The molecule has 0 aromatic carbocycles. The maximum absolute atomic E-state index is 13.0. The number of esters is 4. The molecule has 0 saturated carbocycles. The normalized spacial score (nSPS) is 14.7. The molecule has 0 heterocycles. The van der Waals surface area contributed by atoms with Crippen molar-refractivity contribution in [2.75, 3.05) is 39.6 Å². The van der Waals surface area contributed by atoms with Gasteiger partial charge in [-0.2, -0.15) is 0 Å². The van der Waals surface area contributed by atoms with Crippen molar-refractivity contribution in [3.8, 4) is 0 Å². The highest BCUT2D eigenvalue weighted by Gasteiger charge is 2.30. The van der Waals surface area contributed by atoms with Crippen molar-refractivity contribution in [1.29, 1.82) is 0 Å². The highest BCUT2D eigenvalue weighted by molar-refractivity contribution is 7.47. The molecule has 17 nitrogen and oxygen atoms in total. The van der Waals surface area contributed by atoms with E-state index >= 15 is 0 Å². The van der Waals surface area contributed by atoms with Crippen LogP contribution >= 0.6 is 15.6 Å². The molecule has 81 heavy (non-hydrogen) atoms. The standard InChI is InChI=1S/C62H120O17P2/c1-7-10-12-14-16-17-18-19-22-26-33-39-45-60(65)73-51-57(78-61(66)46-40-34-27-23-20-21-25-30-36-42-54(4)5)52-76-80(68,69)74-48-56(63)49-75-81(70,71)77-53-58(50-72-59(64)44-38-32-24-15-13-11-8-2)79-62(67)47-41-35-29-28-31-37-43-55(6)9-3/h54-58,63H,7-53H2,1-6H3,(H,68,69)(H,70,71)/t55?,56-,57-,58-/m1/s1. The quantitative estimate of drug-likeness (QED) is 0.0222. The van der Waals surface area contributed by atoms with Crippen LogP contribution in [0.3, 0.4) is 0 Å². The Labute approximate surface area is 492 Å². The van der Waals surface area contributed by atoms with E-state index in [1.807, 2.05) is 0 Å². The summed E-state index contributed by atoms with van der Waals surface area (Å²) in [5, 5.41) is 10.5. The molecule has 0 fully saturated rings. The van der Waals surface area contributed by atoms with Gasteiger partial charge in [-0.05, 0) is 37.5 Å². The van der Waals surface area contributed by atoms with E-state index in [0.29, 0.717) is 25.7 Å². The molecule has 0 aromatic rings. The van der Waals surface area contributed by atoms with Crippen molar-refractivity contribution in [1.82, 2.24) is 0 Å². The van der Waals surface area contributed by atoms with Gasteiger partial charge in [-0.3, -0.25) is 37.3 Å². The van der Waals surface area contributed by atoms with E-state index in [1.54, 1.807) is 0 Å². The van der Waals surface area contributed by atoms with Gasteiger partial charge >= 0.3 is 39.5 Å². The Hall–Kier alpha value is -1.94. The van der Waals surface area contributed by atoms with Gasteiger partial charge < -0.3 is 33.8 Å². The number of aliphatic hydroxyl groups is 1. The number of carbonyl (C=O) groups is 4. The summed E-state index contributed by atoms with van der Waals surface area (Å²) >= 11 is 0. The van der Waals surface area contributed by atoms with Gasteiger partial charge in [0.2, 0.25) is 0 Å². The SMILES string of the molecule is CCCCCCCCCCCCCCC(=O)OC[C@H](COP(=O)(O)OC[C@@H](O)COP(=O)(O)OC[C@@H](COC(=O)CCCCCCCCC)OC(=O)CCCCCCCCC(C)CC)OC(=O)CCCCCCCCCCCC(C)C. The van der Waals surface area contributed by atoms with Crippen molar-refractivity contribution in [2.24, 2.45) is 11.8 Å². The summed E-state index contributed by atoms with van der Waals surface area (Å²) in [5.41, 5.74) is 0. The lowest BCUT2D eigenvalue weighted by molar-refractivity contribution is -0.161. The average molecular weight is 1200 g/mol. The molecule has 0 saturated heterocycles. The Kier molecular flexibility index (Phi) is 53.4. The fraction of sp³-hybridized carbons (Fsp3) is 0.935. The minimum atomic E-state index is -4.94. The summed E-state index contributed by atoms with van der Waals surface area (Å²) in [5.74, 6) is -0.686. The topological polar surface area (TPSA) is 237 Å². The summed E-state index contributed by atoms with van der Waals surface area (Å²) in [7, 11) is -9.88. The third-order valence-electron chi connectivity index (χ3n) is 14.6. The van der Waals surface area contributed by atoms with Crippen LogP contribution < -0.4 is 0 Å². The van der Waals surface area contributed by atoms with Gasteiger partial charge in [0.15, 0.2) is 12.2 Å². The minimum Gasteiger partial charge on any atom is -0.462 e. The van der Waals surface area contributed by atoms with Crippen molar-refractivity contribution in [3.05, 3.63) is 0 Å². The van der Waals surface area contributed by atoms with Crippen LogP contribution in [-0.4, -0.2) is 96.7 Å². The summed E-state index contributed by atoms with van der Waals surface area (Å²) in [6.07, 6.45) is 36.3. The number of aliphatic hydroxyl groups excluding tert-OH is 1. The molecule has 6 atom stereocenters. The maximum atomic E-state index is 13.0. The molecule has 19 heteroatoms. The van der Waals surface area contributed by atoms with Crippen LogP contribution in [0.5, 0.6) is 0 Å². The smallest absolute Gasteiger partial charge is 0.462 e. The Morgan fingerprint density at radius 3 is 0.938 bits per heavy atom. The number of phosphoric acid groups is 2. The maximum Gasteiger partial charge on any atom is 0.472 e. The summed E-state index contributed by atoms with van der Waals surface area (Å²) in [4.78, 5) is 72.0. The van der Waals surface area contributed by atoms with E-state index < -0.39 is 97.5 Å². The molecule has 3 unspecified atom stereocenters. The van der Waals surface area contributed by atoms with Gasteiger partial charge in [0.25, 0.3) is 0 Å². The third kappa shape index (κ3) is 55.7. The van der Waals surface area contributed by atoms with Gasteiger partial charge in [-0.1, -0.05) is 253 Å². The molecule has 480 valence electrons. The first-order chi connectivity index (χ1) is 38.9. The number of hydrogen-bond acceptors (Lipinski definition) is 15. The van der Waals surface area contributed by atoms with E-state index in [1.165, 1.54) is 109 Å².